The third-order valence-corrected chi connectivity index (χ3v) is 3.38. The molecule has 1 atom stereocenters. The molecule has 0 aliphatic carbocycles. The molecule has 2 rings (SSSR count). The lowest BCUT2D eigenvalue weighted by molar-refractivity contribution is 0.561. The quantitative estimate of drug-likeness (QED) is 0.918. The van der Waals surface area contributed by atoms with E-state index in [1.807, 2.05) is 42.9 Å². The molecular weight excluding hydrogens is 246 g/mol. The summed E-state index contributed by atoms with van der Waals surface area (Å²) in [5, 5.41) is 8.58. The monoisotopic (exact) mass is 263 g/mol. The maximum atomic E-state index is 6.28. The second-order valence-corrected chi connectivity index (χ2v) is 4.68. The zero-order valence-corrected chi connectivity index (χ0v) is 11.7. The van der Waals surface area contributed by atoms with E-state index in [0.717, 1.165) is 28.5 Å². The Hall–Kier alpha value is -1.32. The Morgan fingerprint density at radius 1 is 1.39 bits per heavy atom. The minimum absolute atomic E-state index is 0.0693. The zero-order chi connectivity index (χ0) is 13.1. The predicted molar refractivity (Wildman–Crippen MR) is 75.0 cm³/mol. The van der Waals surface area contributed by atoms with E-state index in [4.69, 9.17) is 11.6 Å². The number of aryl methyl sites for hydroxylation is 2. The van der Waals surface area contributed by atoms with Crippen molar-refractivity contribution in [1.82, 2.24) is 15.1 Å². The molecule has 2 aromatic rings. The first-order chi connectivity index (χ1) is 8.67. The molecule has 0 fully saturated rings. The lowest BCUT2D eigenvalue weighted by Crippen LogP contribution is -2.21. The second kappa shape index (κ2) is 5.55. The van der Waals surface area contributed by atoms with Crippen molar-refractivity contribution in [2.24, 2.45) is 0 Å². The molecule has 0 amide bonds. The van der Waals surface area contributed by atoms with Crippen LogP contribution >= 0.6 is 11.6 Å². The summed E-state index contributed by atoms with van der Waals surface area (Å²) in [5.41, 5.74) is 3.25. The molecule has 1 unspecified atom stereocenters. The smallest absolute Gasteiger partial charge is 0.0760 e. The number of halogens is 1. The fraction of sp³-hybridized carbons (Fsp3) is 0.357. The molecule has 1 N–H and O–H groups in total. The number of nitrogens with zero attached hydrogens (tertiary/aromatic N) is 2. The number of hydrogen-bond acceptors (Lipinski definition) is 2. The summed E-state index contributed by atoms with van der Waals surface area (Å²) in [4.78, 5) is 0. The lowest BCUT2D eigenvalue weighted by Gasteiger charge is -2.19. The number of benzene rings is 1. The molecule has 96 valence electrons. The zero-order valence-electron chi connectivity index (χ0n) is 10.9. The Morgan fingerprint density at radius 3 is 2.72 bits per heavy atom. The highest BCUT2D eigenvalue weighted by molar-refractivity contribution is 6.31. The van der Waals surface area contributed by atoms with Gasteiger partial charge in [-0.25, -0.2) is 0 Å². The van der Waals surface area contributed by atoms with Crippen LogP contribution in [0.4, 0.5) is 0 Å². The van der Waals surface area contributed by atoms with E-state index in [1.54, 1.807) is 0 Å². The van der Waals surface area contributed by atoms with Gasteiger partial charge in [-0.1, -0.05) is 29.8 Å². The van der Waals surface area contributed by atoms with Crippen molar-refractivity contribution >= 4 is 11.6 Å². The maximum absolute atomic E-state index is 6.28. The van der Waals surface area contributed by atoms with Gasteiger partial charge >= 0.3 is 0 Å². The van der Waals surface area contributed by atoms with E-state index in [9.17, 15) is 0 Å². The third kappa shape index (κ3) is 2.42. The van der Waals surface area contributed by atoms with Crippen molar-refractivity contribution in [2.45, 2.75) is 26.4 Å². The SMILES string of the molecule is CCn1nc(C)cc1C(NC)c1ccccc1Cl. The summed E-state index contributed by atoms with van der Waals surface area (Å²) in [6.07, 6.45) is 0. The first-order valence-electron chi connectivity index (χ1n) is 6.13. The van der Waals surface area contributed by atoms with Crippen molar-refractivity contribution in [1.29, 1.82) is 0 Å². The van der Waals surface area contributed by atoms with Gasteiger partial charge in [-0.3, -0.25) is 4.68 Å². The number of hydrogen-bond donors (Lipinski definition) is 1. The number of rotatable bonds is 4. The normalized spacial score (nSPS) is 12.7. The lowest BCUT2D eigenvalue weighted by atomic mass is 10.0. The Bertz CT molecular complexity index is 534. The average molecular weight is 264 g/mol. The molecule has 0 aliphatic rings. The van der Waals surface area contributed by atoms with E-state index in [0.29, 0.717) is 0 Å². The van der Waals surface area contributed by atoms with Gasteiger partial charge in [0.2, 0.25) is 0 Å². The molecule has 1 aromatic carbocycles. The Balaban J connectivity index is 2.48. The Kier molecular flexibility index (Phi) is 4.04. The second-order valence-electron chi connectivity index (χ2n) is 4.27. The van der Waals surface area contributed by atoms with Crippen molar-refractivity contribution in [3.05, 3.63) is 52.3 Å². The molecule has 18 heavy (non-hydrogen) atoms. The van der Waals surface area contributed by atoms with Gasteiger partial charge in [0.1, 0.15) is 0 Å². The van der Waals surface area contributed by atoms with Crippen molar-refractivity contribution in [3.63, 3.8) is 0 Å². The fourth-order valence-corrected chi connectivity index (χ4v) is 2.47. The highest BCUT2D eigenvalue weighted by Crippen LogP contribution is 2.28. The van der Waals surface area contributed by atoms with Crippen LogP contribution in [0.3, 0.4) is 0 Å². The summed E-state index contributed by atoms with van der Waals surface area (Å²) >= 11 is 6.28. The van der Waals surface area contributed by atoms with Gasteiger partial charge < -0.3 is 5.32 Å². The first-order valence-corrected chi connectivity index (χ1v) is 6.51. The minimum atomic E-state index is 0.0693. The van der Waals surface area contributed by atoms with Crippen LogP contribution in [-0.4, -0.2) is 16.8 Å². The van der Waals surface area contributed by atoms with Crippen LogP contribution < -0.4 is 5.32 Å². The molecule has 1 aromatic heterocycles. The van der Waals surface area contributed by atoms with Crippen LogP contribution in [0, 0.1) is 6.92 Å². The molecule has 0 radical (unpaired) electrons. The topological polar surface area (TPSA) is 29.9 Å². The van der Waals surface area contributed by atoms with E-state index in [1.165, 1.54) is 0 Å². The van der Waals surface area contributed by atoms with Crippen LogP contribution in [0.1, 0.15) is 29.9 Å². The van der Waals surface area contributed by atoms with Crippen LogP contribution in [0.15, 0.2) is 30.3 Å². The molecular formula is C14H18ClN3. The van der Waals surface area contributed by atoms with Gasteiger partial charge in [-0.2, -0.15) is 5.10 Å². The number of aromatic nitrogens is 2. The van der Waals surface area contributed by atoms with Gasteiger partial charge in [0, 0.05) is 11.6 Å². The molecule has 4 heteroatoms. The summed E-state index contributed by atoms with van der Waals surface area (Å²) in [6.45, 7) is 4.95. The highest BCUT2D eigenvalue weighted by atomic mass is 35.5. The molecule has 0 bridgehead atoms. The standard InChI is InChI=1S/C14H18ClN3/c1-4-18-13(9-10(2)17-18)14(16-3)11-7-5-6-8-12(11)15/h5-9,14,16H,4H2,1-3H3. The molecule has 0 saturated heterocycles. The van der Waals surface area contributed by atoms with Crippen LogP contribution in [0.2, 0.25) is 5.02 Å². The van der Waals surface area contributed by atoms with Crippen LogP contribution in [0.5, 0.6) is 0 Å². The van der Waals surface area contributed by atoms with Gasteiger partial charge in [-0.15, -0.1) is 0 Å². The number of nitrogens with one attached hydrogen (secondary N) is 1. The molecule has 1 heterocycles. The van der Waals surface area contributed by atoms with E-state index >= 15 is 0 Å². The molecule has 0 saturated carbocycles. The van der Waals surface area contributed by atoms with Gasteiger partial charge in [0.15, 0.2) is 0 Å². The van der Waals surface area contributed by atoms with Crippen molar-refractivity contribution in [2.75, 3.05) is 7.05 Å². The third-order valence-electron chi connectivity index (χ3n) is 3.03. The molecule has 0 aliphatic heterocycles. The van der Waals surface area contributed by atoms with Crippen molar-refractivity contribution < 1.29 is 0 Å². The fourth-order valence-electron chi connectivity index (χ4n) is 2.22. The van der Waals surface area contributed by atoms with Crippen LogP contribution in [0.25, 0.3) is 0 Å². The Labute approximate surface area is 113 Å². The average Bonchev–Trinajstić information content (AvgIpc) is 2.74. The minimum Gasteiger partial charge on any atom is -0.308 e. The van der Waals surface area contributed by atoms with E-state index in [2.05, 4.69) is 23.4 Å². The summed E-state index contributed by atoms with van der Waals surface area (Å²) in [7, 11) is 1.94. The molecule has 3 nitrogen and oxygen atoms in total. The predicted octanol–water partition coefficient (Wildman–Crippen LogP) is 3.17. The Morgan fingerprint density at radius 2 is 2.11 bits per heavy atom. The first kappa shape index (κ1) is 13.1. The largest absolute Gasteiger partial charge is 0.308 e. The maximum Gasteiger partial charge on any atom is 0.0760 e. The highest BCUT2D eigenvalue weighted by Gasteiger charge is 2.19. The van der Waals surface area contributed by atoms with E-state index < -0.39 is 0 Å². The summed E-state index contributed by atoms with van der Waals surface area (Å²) in [6, 6.07) is 10.1. The summed E-state index contributed by atoms with van der Waals surface area (Å²) < 4.78 is 2.01. The van der Waals surface area contributed by atoms with Gasteiger partial charge in [0.25, 0.3) is 0 Å². The van der Waals surface area contributed by atoms with Gasteiger partial charge in [0.05, 0.1) is 17.4 Å². The van der Waals surface area contributed by atoms with Crippen molar-refractivity contribution in [3.8, 4) is 0 Å². The van der Waals surface area contributed by atoms with Gasteiger partial charge in [-0.05, 0) is 38.6 Å². The summed E-state index contributed by atoms with van der Waals surface area (Å²) in [5.74, 6) is 0. The van der Waals surface area contributed by atoms with Crippen LogP contribution in [-0.2, 0) is 6.54 Å². The van der Waals surface area contributed by atoms with E-state index in [-0.39, 0.29) is 6.04 Å². The molecule has 0 spiro atoms.